The van der Waals surface area contributed by atoms with Crippen LogP contribution < -0.4 is 0 Å². The summed E-state index contributed by atoms with van der Waals surface area (Å²) < 4.78 is 16.7. The molecule has 0 aromatic heterocycles. The Morgan fingerprint density at radius 2 is 0.612 bits per heavy atom. The molecule has 0 aliphatic rings. The Labute approximate surface area is 412 Å². The summed E-state index contributed by atoms with van der Waals surface area (Å²) in [5, 5.41) is 0. The third-order valence-corrected chi connectivity index (χ3v) is 11.0. The molecule has 0 aliphatic heterocycles. The van der Waals surface area contributed by atoms with Crippen molar-refractivity contribution >= 4 is 17.9 Å². The fraction of sp³-hybridized carbons (Fsp3) is 0.623. The van der Waals surface area contributed by atoms with Gasteiger partial charge in [0.05, 0.1) is 0 Å². The number of hydrogen-bond acceptors (Lipinski definition) is 6. The highest BCUT2D eigenvalue weighted by Gasteiger charge is 2.19. The van der Waals surface area contributed by atoms with E-state index < -0.39 is 12.1 Å². The number of carbonyl (C=O) groups is 3. The molecule has 0 aromatic carbocycles. The normalized spacial score (nSPS) is 13.1. The van der Waals surface area contributed by atoms with Crippen LogP contribution >= 0.6 is 0 Å². The van der Waals surface area contributed by atoms with Crippen LogP contribution in [0.4, 0.5) is 0 Å². The largest absolute Gasteiger partial charge is 0.462 e. The number of unbranched alkanes of at least 4 members (excludes halogenated alkanes) is 16. The van der Waals surface area contributed by atoms with Crippen molar-refractivity contribution in [2.45, 2.75) is 232 Å². The molecule has 6 nitrogen and oxygen atoms in total. The summed E-state index contributed by atoms with van der Waals surface area (Å²) >= 11 is 0. The lowest BCUT2D eigenvalue weighted by molar-refractivity contribution is -0.166. The number of esters is 3. The van der Waals surface area contributed by atoms with E-state index in [9.17, 15) is 14.4 Å². The highest BCUT2D eigenvalue weighted by atomic mass is 16.6. The van der Waals surface area contributed by atoms with Crippen LogP contribution in [0.1, 0.15) is 226 Å². The summed E-state index contributed by atoms with van der Waals surface area (Å²) in [6.45, 7) is 6.31. The lowest BCUT2D eigenvalue weighted by atomic mass is 10.0. The molecule has 0 N–H and O–H groups in total. The zero-order valence-corrected chi connectivity index (χ0v) is 43.1. The maximum atomic E-state index is 12.8. The number of rotatable bonds is 47. The van der Waals surface area contributed by atoms with Gasteiger partial charge in [0, 0.05) is 19.3 Å². The van der Waals surface area contributed by atoms with Crippen molar-refractivity contribution in [3.05, 3.63) is 122 Å². The monoisotopic (exact) mass is 927 g/mol. The van der Waals surface area contributed by atoms with Crippen molar-refractivity contribution in [3.8, 4) is 0 Å². The minimum Gasteiger partial charge on any atom is -0.462 e. The van der Waals surface area contributed by atoms with Crippen molar-refractivity contribution in [1.29, 1.82) is 0 Å². The quantitative estimate of drug-likeness (QED) is 0.0262. The molecule has 1 atom stereocenters. The van der Waals surface area contributed by atoms with Gasteiger partial charge in [-0.3, -0.25) is 14.4 Å². The van der Waals surface area contributed by atoms with Crippen molar-refractivity contribution in [2.75, 3.05) is 13.2 Å². The van der Waals surface area contributed by atoms with E-state index in [1.807, 2.05) is 12.2 Å². The third kappa shape index (κ3) is 52.6. The number of allylic oxidation sites excluding steroid dienone is 20. The lowest BCUT2D eigenvalue weighted by Crippen LogP contribution is -2.30. The Balaban J connectivity index is 4.58. The Bertz CT molecular complexity index is 1440. The average molecular weight is 927 g/mol. The molecule has 6 heteroatoms. The molecule has 0 aromatic rings. The first kappa shape index (κ1) is 62.8. The predicted octanol–water partition coefficient (Wildman–Crippen LogP) is 18.1. The standard InChI is InChI=1S/C61H98O6/c1-4-7-10-13-16-19-22-25-28-29-30-31-34-37-40-43-46-49-52-55-61(64)67-58(56-65-59(62)53-50-47-44-41-38-35-32-26-23-20-17-14-11-8-5-2)57-66-60(63)54-51-48-45-42-39-36-33-27-24-21-18-15-12-9-6-3/h7-8,10-11,16-17,19-20,25-26,28,30-32,37-38,40-41,46,49,58H,4-6,9,12-15,18,21-24,27,29,33-36,39,42-45,47-48,50-57H2,1-3H3/b10-7-,11-8-,19-16-,20-17-,28-25-,31-30-,32-26-,40-37-,41-38-,49-46-/t58-/m1/s1. The first-order chi connectivity index (χ1) is 33.0. The van der Waals surface area contributed by atoms with E-state index in [0.717, 1.165) is 96.3 Å². The van der Waals surface area contributed by atoms with Crippen LogP contribution in [-0.2, 0) is 28.6 Å². The van der Waals surface area contributed by atoms with Gasteiger partial charge in [0.2, 0.25) is 0 Å². The smallest absolute Gasteiger partial charge is 0.306 e. The van der Waals surface area contributed by atoms with Crippen molar-refractivity contribution in [3.63, 3.8) is 0 Å². The Hall–Kier alpha value is -4.19. The third-order valence-electron chi connectivity index (χ3n) is 11.0. The van der Waals surface area contributed by atoms with E-state index >= 15 is 0 Å². The average Bonchev–Trinajstić information content (AvgIpc) is 3.33. The molecule has 0 amide bonds. The second-order valence-electron chi connectivity index (χ2n) is 17.4. The first-order valence-electron chi connectivity index (χ1n) is 27.0. The highest BCUT2D eigenvalue weighted by Crippen LogP contribution is 2.14. The summed E-state index contributed by atoms with van der Waals surface area (Å²) in [4.78, 5) is 38.0. The summed E-state index contributed by atoms with van der Waals surface area (Å²) in [6.07, 6.45) is 74.8. The van der Waals surface area contributed by atoms with E-state index in [1.54, 1.807) is 0 Å². The Morgan fingerprint density at radius 3 is 0.970 bits per heavy atom. The second kappa shape index (κ2) is 54.4. The van der Waals surface area contributed by atoms with Gasteiger partial charge in [-0.2, -0.15) is 0 Å². The molecule has 0 radical (unpaired) electrons. The molecule has 0 rings (SSSR count). The molecule has 0 aliphatic carbocycles. The lowest BCUT2D eigenvalue weighted by Gasteiger charge is -2.18. The maximum absolute atomic E-state index is 12.8. The summed E-state index contributed by atoms with van der Waals surface area (Å²) in [5.41, 5.74) is 0. The second-order valence-corrected chi connectivity index (χ2v) is 17.4. The minimum absolute atomic E-state index is 0.123. The molecule has 378 valence electrons. The van der Waals surface area contributed by atoms with E-state index in [0.29, 0.717) is 19.3 Å². The number of ether oxygens (including phenoxy) is 3. The van der Waals surface area contributed by atoms with Crippen LogP contribution in [0.5, 0.6) is 0 Å². The Kier molecular flexibility index (Phi) is 51.0. The summed E-state index contributed by atoms with van der Waals surface area (Å²) in [6, 6.07) is 0. The highest BCUT2D eigenvalue weighted by molar-refractivity contribution is 5.71. The van der Waals surface area contributed by atoms with Gasteiger partial charge in [0.15, 0.2) is 6.10 Å². The van der Waals surface area contributed by atoms with E-state index in [1.165, 1.54) is 77.0 Å². The van der Waals surface area contributed by atoms with Crippen molar-refractivity contribution in [2.24, 2.45) is 0 Å². The van der Waals surface area contributed by atoms with Gasteiger partial charge in [-0.1, -0.05) is 232 Å². The molecular formula is C61H98O6. The van der Waals surface area contributed by atoms with Crippen molar-refractivity contribution in [1.82, 2.24) is 0 Å². The van der Waals surface area contributed by atoms with Crippen LogP contribution in [-0.4, -0.2) is 37.2 Å². The first-order valence-corrected chi connectivity index (χ1v) is 27.0. The van der Waals surface area contributed by atoms with Crippen LogP contribution in [0, 0.1) is 0 Å². The van der Waals surface area contributed by atoms with E-state index in [2.05, 4.69) is 130 Å². The predicted molar refractivity (Wildman–Crippen MR) is 288 cm³/mol. The van der Waals surface area contributed by atoms with Crippen molar-refractivity contribution < 1.29 is 28.6 Å². The van der Waals surface area contributed by atoms with Crippen LogP contribution in [0.25, 0.3) is 0 Å². The van der Waals surface area contributed by atoms with Gasteiger partial charge in [0.25, 0.3) is 0 Å². The fourth-order valence-electron chi connectivity index (χ4n) is 6.99. The van der Waals surface area contributed by atoms with Gasteiger partial charge < -0.3 is 14.2 Å². The number of carbonyl (C=O) groups excluding carboxylic acids is 3. The van der Waals surface area contributed by atoms with Crippen LogP contribution in [0.15, 0.2) is 122 Å². The zero-order valence-electron chi connectivity index (χ0n) is 43.1. The van der Waals surface area contributed by atoms with E-state index in [-0.39, 0.29) is 38.0 Å². The molecule has 67 heavy (non-hydrogen) atoms. The van der Waals surface area contributed by atoms with E-state index in [4.69, 9.17) is 14.2 Å². The van der Waals surface area contributed by atoms with Crippen LogP contribution in [0.2, 0.25) is 0 Å². The summed E-state index contributed by atoms with van der Waals surface area (Å²) in [7, 11) is 0. The topological polar surface area (TPSA) is 78.9 Å². The molecule has 0 saturated carbocycles. The van der Waals surface area contributed by atoms with Gasteiger partial charge in [0.1, 0.15) is 13.2 Å². The molecule has 0 heterocycles. The molecule has 0 spiro atoms. The SMILES string of the molecule is CC/C=C\C/C=C\C/C=C\C/C=C\C/C=C\C/C=C\CCC(=O)O[C@H](COC(=O)CCCC/C=C\C/C=C\C/C=C\C/C=C\CC)COC(=O)CCCCCCCCCCCCCCCCC. The van der Waals surface area contributed by atoms with Crippen LogP contribution in [0.3, 0.4) is 0 Å². The molecule has 0 unspecified atom stereocenters. The maximum Gasteiger partial charge on any atom is 0.306 e. The molecule has 0 saturated heterocycles. The Morgan fingerprint density at radius 1 is 0.313 bits per heavy atom. The zero-order chi connectivity index (χ0) is 48.6. The van der Waals surface area contributed by atoms with Gasteiger partial charge in [-0.05, 0) is 96.3 Å². The molecular weight excluding hydrogens is 829 g/mol. The number of hydrogen-bond donors (Lipinski definition) is 0. The molecule has 0 bridgehead atoms. The van der Waals surface area contributed by atoms with Gasteiger partial charge in [-0.25, -0.2) is 0 Å². The summed E-state index contributed by atoms with van der Waals surface area (Å²) in [5.74, 6) is -1.05. The van der Waals surface area contributed by atoms with Gasteiger partial charge >= 0.3 is 17.9 Å². The fourth-order valence-corrected chi connectivity index (χ4v) is 6.99. The van der Waals surface area contributed by atoms with Gasteiger partial charge in [-0.15, -0.1) is 0 Å². The molecule has 0 fully saturated rings. The minimum atomic E-state index is -0.837.